The Hall–Kier alpha value is -1.36. The second-order valence-corrected chi connectivity index (χ2v) is 2.74. The highest BCUT2D eigenvalue weighted by atomic mass is 16.4. The van der Waals surface area contributed by atoms with Crippen LogP contribution in [0, 0.1) is 0 Å². The number of rotatable bonds is 1. The number of carbonyl (C=O) groups excluding carboxylic acids is 1. The van der Waals surface area contributed by atoms with Gasteiger partial charge in [-0.05, 0) is 6.92 Å². The van der Waals surface area contributed by atoms with Crippen LogP contribution in [0.15, 0.2) is 18.7 Å². The van der Waals surface area contributed by atoms with Gasteiger partial charge in [0, 0.05) is 0 Å². The van der Waals surface area contributed by atoms with E-state index in [0.29, 0.717) is 0 Å². The molecule has 1 atom stereocenters. The van der Waals surface area contributed by atoms with Gasteiger partial charge in [0.05, 0.1) is 26.2 Å². The van der Waals surface area contributed by atoms with Gasteiger partial charge in [-0.1, -0.05) is 0 Å². The molecule has 0 saturated carbocycles. The number of carboxylic acids is 1. The summed E-state index contributed by atoms with van der Waals surface area (Å²) < 4.78 is 4.00. The lowest BCUT2D eigenvalue weighted by Crippen LogP contribution is -2.32. The molecule has 0 amide bonds. The van der Waals surface area contributed by atoms with Gasteiger partial charge >= 0.3 is 0 Å². The minimum atomic E-state index is -1.44. The van der Waals surface area contributed by atoms with Crippen molar-refractivity contribution in [3.05, 3.63) is 18.7 Å². The smallest absolute Gasteiger partial charge is 0.243 e. The Kier molecular flexibility index (Phi) is 4.76. The van der Waals surface area contributed by atoms with Gasteiger partial charge in [0.25, 0.3) is 0 Å². The van der Waals surface area contributed by atoms with Crippen LogP contribution in [-0.2, 0) is 18.9 Å². The Bertz CT molecular complexity index is 252. The quantitative estimate of drug-likeness (QED) is 0.514. The molecular formula is C8H14N2O3. The SMILES string of the molecule is CC(O)C(=O)[O-].Cn1cc[n+](C)c1. The summed E-state index contributed by atoms with van der Waals surface area (Å²) in [6.07, 6.45) is 4.66. The van der Waals surface area contributed by atoms with Crippen LogP contribution in [-0.4, -0.2) is 21.7 Å². The van der Waals surface area contributed by atoms with Crippen molar-refractivity contribution >= 4 is 5.97 Å². The van der Waals surface area contributed by atoms with E-state index in [4.69, 9.17) is 5.11 Å². The molecule has 13 heavy (non-hydrogen) atoms. The molecule has 1 unspecified atom stereocenters. The van der Waals surface area contributed by atoms with Crippen LogP contribution in [0.5, 0.6) is 0 Å². The lowest BCUT2D eigenvalue weighted by Gasteiger charge is -2.00. The molecular weight excluding hydrogens is 172 g/mol. The van der Waals surface area contributed by atoms with Crippen molar-refractivity contribution in [3.63, 3.8) is 0 Å². The summed E-state index contributed by atoms with van der Waals surface area (Å²) in [6.45, 7) is 1.13. The van der Waals surface area contributed by atoms with Crippen LogP contribution in [0.4, 0.5) is 0 Å². The van der Waals surface area contributed by atoms with Crippen molar-refractivity contribution < 1.29 is 19.6 Å². The monoisotopic (exact) mass is 186 g/mol. The zero-order chi connectivity index (χ0) is 10.4. The number of hydrogen-bond donors (Lipinski definition) is 1. The fourth-order valence-electron chi connectivity index (χ4n) is 0.575. The molecule has 0 aliphatic rings. The molecule has 0 saturated heterocycles. The number of aliphatic hydroxyl groups is 1. The number of aryl methyl sites for hydroxylation is 2. The normalized spacial score (nSPS) is 11.4. The molecule has 5 nitrogen and oxygen atoms in total. The van der Waals surface area contributed by atoms with Crippen LogP contribution in [0.1, 0.15) is 6.92 Å². The van der Waals surface area contributed by atoms with E-state index >= 15 is 0 Å². The highest BCUT2D eigenvalue weighted by Gasteiger charge is 1.89. The summed E-state index contributed by atoms with van der Waals surface area (Å²) in [5.41, 5.74) is 0. The Morgan fingerprint density at radius 1 is 1.69 bits per heavy atom. The fraction of sp³-hybridized carbons (Fsp3) is 0.500. The average molecular weight is 186 g/mol. The maximum atomic E-state index is 9.34. The summed E-state index contributed by atoms with van der Waals surface area (Å²) in [5.74, 6) is -1.44. The number of carboxylic acid groups (broad SMARTS) is 1. The lowest BCUT2D eigenvalue weighted by atomic mass is 10.4. The van der Waals surface area contributed by atoms with Gasteiger partial charge < -0.3 is 15.0 Å². The molecule has 0 bridgehead atoms. The van der Waals surface area contributed by atoms with Gasteiger partial charge in [-0.15, -0.1) is 0 Å². The van der Waals surface area contributed by atoms with E-state index in [1.165, 1.54) is 0 Å². The molecule has 0 radical (unpaired) electrons. The molecule has 0 aliphatic carbocycles. The maximum Gasteiger partial charge on any atom is 0.243 e. The zero-order valence-electron chi connectivity index (χ0n) is 7.97. The predicted octanol–water partition coefficient (Wildman–Crippen LogP) is -2.03. The van der Waals surface area contributed by atoms with Crippen LogP contribution < -0.4 is 9.67 Å². The number of carbonyl (C=O) groups is 1. The molecule has 1 N–H and O–H groups in total. The van der Waals surface area contributed by atoms with Crippen LogP contribution in [0.25, 0.3) is 0 Å². The second-order valence-electron chi connectivity index (χ2n) is 2.74. The number of aliphatic carboxylic acids is 1. The fourth-order valence-corrected chi connectivity index (χ4v) is 0.575. The molecule has 1 aromatic rings. The van der Waals surface area contributed by atoms with E-state index in [-0.39, 0.29) is 0 Å². The summed E-state index contributed by atoms with van der Waals surface area (Å²) in [6, 6.07) is 0. The molecule has 0 aliphatic heterocycles. The van der Waals surface area contributed by atoms with E-state index in [2.05, 4.69) is 0 Å². The van der Waals surface area contributed by atoms with Crippen molar-refractivity contribution in [3.8, 4) is 0 Å². The van der Waals surface area contributed by atoms with Crippen molar-refractivity contribution in [2.75, 3.05) is 0 Å². The van der Waals surface area contributed by atoms with Crippen molar-refractivity contribution in [1.29, 1.82) is 0 Å². The number of nitrogens with zero attached hydrogens (tertiary/aromatic N) is 2. The average Bonchev–Trinajstić information content (AvgIpc) is 2.35. The minimum Gasteiger partial charge on any atom is -0.547 e. The highest BCUT2D eigenvalue weighted by Crippen LogP contribution is 1.71. The molecule has 1 rings (SSSR count). The molecule has 5 heteroatoms. The van der Waals surface area contributed by atoms with E-state index < -0.39 is 12.1 Å². The zero-order valence-corrected chi connectivity index (χ0v) is 7.97. The van der Waals surface area contributed by atoms with Gasteiger partial charge in [-0.3, -0.25) is 0 Å². The Labute approximate surface area is 76.9 Å². The van der Waals surface area contributed by atoms with E-state index in [0.717, 1.165) is 6.92 Å². The van der Waals surface area contributed by atoms with E-state index in [1.807, 2.05) is 42.0 Å². The van der Waals surface area contributed by atoms with Crippen molar-refractivity contribution in [2.24, 2.45) is 14.1 Å². The summed E-state index contributed by atoms with van der Waals surface area (Å²) in [5, 5.41) is 17.3. The number of hydrogen-bond acceptors (Lipinski definition) is 3. The third-order valence-corrected chi connectivity index (χ3v) is 1.24. The van der Waals surface area contributed by atoms with Gasteiger partial charge in [-0.2, -0.15) is 0 Å². The van der Waals surface area contributed by atoms with Gasteiger partial charge in [0.15, 0.2) is 0 Å². The maximum absolute atomic E-state index is 9.34. The Morgan fingerprint density at radius 2 is 2.15 bits per heavy atom. The summed E-state index contributed by atoms with van der Waals surface area (Å²) in [7, 11) is 4.00. The molecule has 1 heterocycles. The Morgan fingerprint density at radius 3 is 2.23 bits per heavy atom. The molecule has 0 fully saturated rings. The largest absolute Gasteiger partial charge is 0.547 e. The first-order valence-corrected chi connectivity index (χ1v) is 3.79. The molecule has 0 spiro atoms. The predicted molar refractivity (Wildman–Crippen MR) is 43.3 cm³/mol. The van der Waals surface area contributed by atoms with Crippen molar-refractivity contribution in [2.45, 2.75) is 13.0 Å². The van der Waals surface area contributed by atoms with Gasteiger partial charge in [-0.25, -0.2) is 9.13 Å². The molecule has 0 aromatic carbocycles. The number of aromatic nitrogens is 2. The topological polar surface area (TPSA) is 69.2 Å². The summed E-state index contributed by atoms with van der Waals surface area (Å²) >= 11 is 0. The molecule has 74 valence electrons. The van der Waals surface area contributed by atoms with Crippen LogP contribution in [0.3, 0.4) is 0 Å². The van der Waals surface area contributed by atoms with Crippen molar-refractivity contribution in [1.82, 2.24) is 4.57 Å². The van der Waals surface area contributed by atoms with Gasteiger partial charge in [0.1, 0.15) is 12.4 Å². The lowest BCUT2D eigenvalue weighted by molar-refractivity contribution is -0.670. The number of imidazole rings is 1. The Balaban J connectivity index is 0.000000226. The van der Waals surface area contributed by atoms with E-state index in [1.54, 1.807) is 0 Å². The third-order valence-electron chi connectivity index (χ3n) is 1.24. The first-order valence-electron chi connectivity index (χ1n) is 3.79. The highest BCUT2D eigenvalue weighted by molar-refractivity contribution is 5.68. The van der Waals surface area contributed by atoms with Crippen LogP contribution >= 0.6 is 0 Å². The molecule has 1 aromatic heterocycles. The van der Waals surface area contributed by atoms with E-state index in [9.17, 15) is 9.90 Å². The standard InChI is InChI=1S/C5H9N2.C3H6O3/c1-6-3-4-7(2)5-6;1-2(4)3(5)6/h3-5H,1-2H3;2,4H,1H3,(H,5,6)/q+1;/p-1. The number of aliphatic hydroxyl groups excluding tert-OH is 1. The minimum absolute atomic E-state index is 1.13. The first kappa shape index (κ1) is 11.6. The van der Waals surface area contributed by atoms with Crippen LogP contribution in [0.2, 0.25) is 0 Å². The first-order chi connectivity index (χ1) is 5.93. The van der Waals surface area contributed by atoms with Gasteiger partial charge in [0.2, 0.25) is 6.33 Å². The summed E-state index contributed by atoms with van der Waals surface area (Å²) in [4.78, 5) is 9.34. The third kappa shape index (κ3) is 5.86. The second kappa shape index (κ2) is 5.31.